The Labute approximate surface area is 121 Å². The Morgan fingerprint density at radius 2 is 1.95 bits per heavy atom. The van der Waals surface area contributed by atoms with Gasteiger partial charge in [-0.15, -0.1) is 0 Å². The molecule has 2 aromatic carbocycles. The molecule has 0 amide bonds. The summed E-state index contributed by atoms with van der Waals surface area (Å²) in [6.07, 6.45) is 0.856. The largest absolute Gasteiger partial charge is 0.361 e. The molecule has 0 unspecified atom stereocenters. The zero-order valence-electron chi connectivity index (χ0n) is 11.2. The van der Waals surface area contributed by atoms with Crippen LogP contribution in [0.4, 0.5) is 9.52 Å². The molecule has 0 aliphatic rings. The van der Waals surface area contributed by atoms with E-state index in [9.17, 15) is 4.39 Å². The fourth-order valence-corrected chi connectivity index (χ4v) is 2.95. The number of nitrogens with one attached hydrogen (secondary N) is 1. The molecular weight excluding hydrogens is 271 g/mol. The van der Waals surface area contributed by atoms with Gasteiger partial charge in [0.1, 0.15) is 5.82 Å². The zero-order valence-corrected chi connectivity index (χ0v) is 12.0. The standard InChI is InChI=1S/C16H15FN2S/c1-11-2-7-15-14(10-11)19-16(20-15)18-9-8-12-3-5-13(17)6-4-12/h2-7,10H,8-9H2,1H3,(H,18,19). The second kappa shape index (κ2) is 5.59. The number of benzene rings is 2. The highest BCUT2D eigenvalue weighted by atomic mass is 32.1. The third kappa shape index (κ3) is 2.96. The zero-order chi connectivity index (χ0) is 13.9. The molecule has 0 saturated heterocycles. The van der Waals surface area contributed by atoms with E-state index < -0.39 is 0 Å². The van der Waals surface area contributed by atoms with E-state index in [0.717, 1.165) is 29.2 Å². The lowest BCUT2D eigenvalue weighted by atomic mass is 10.1. The second-order valence-corrected chi connectivity index (χ2v) is 5.82. The van der Waals surface area contributed by atoms with E-state index in [2.05, 4.69) is 35.4 Å². The number of hydrogen-bond acceptors (Lipinski definition) is 3. The summed E-state index contributed by atoms with van der Waals surface area (Å²) in [7, 11) is 0. The molecule has 0 saturated carbocycles. The van der Waals surface area contributed by atoms with Crippen molar-refractivity contribution >= 4 is 26.7 Å². The van der Waals surface area contributed by atoms with Gasteiger partial charge < -0.3 is 5.32 Å². The number of thiazole rings is 1. The van der Waals surface area contributed by atoms with Gasteiger partial charge in [0.15, 0.2) is 5.13 Å². The maximum atomic E-state index is 12.8. The fourth-order valence-electron chi connectivity index (χ4n) is 2.08. The van der Waals surface area contributed by atoms with Crippen molar-refractivity contribution < 1.29 is 4.39 Å². The first-order valence-electron chi connectivity index (χ1n) is 6.56. The van der Waals surface area contributed by atoms with Crippen LogP contribution in [0.1, 0.15) is 11.1 Å². The molecular formula is C16H15FN2S. The van der Waals surface area contributed by atoms with E-state index in [4.69, 9.17) is 0 Å². The van der Waals surface area contributed by atoms with Crippen LogP contribution >= 0.6 is 11.3 Å². The molecule has 0 aliphatic carbocycles. The quantitative estimate of drug-likeness (QED) is 0.769. The third-order valence-electron chi connectivity index (χ3n) is 3.15. The van der Waals surface area contributed by atoms with Crippen LogP contribution in [-0.2, 0) is 6.42 Å². The molecule has 0 aliphatic heterocycles. The molecule has 0 bridgehead atoms. The molecule has 1 N–H and O–H groups in total. The maximum absolute atomic E-state index is 12.8. The highest BCUT2D eigenvalue weighted by Gasteiger charge is 2.03. The Kier molecular flexibility index (Phi) is 3.65. The van der Waals surface area contributed by atoms with Crippen molar-refractivity contribution in [1.82, 2.24) is 4.98 Å². The summed E-state index contributed by atoms with van der Waals surface area (Å²) >= 11 is 1.66. The molecule has 20 heavy (non-hydrogen) atoms. The monoisotopic (exact) mass is 286 g/mol. The number of anilines is 1. The molecule has 1 aromatic heterocycles. The van der Waals surface area contributed by atoms with Crippen LogP contribution in [0.5, 0.6) is 0 Å². The van der Waals surface area contributed by atoms with Crippen LogP contribution in [0.25, 0.3) is 10.2 Å². The third-order valence-corrected chi connectivity index (χ3v) is 4.14. The van der Waals surface area contributed by atoms with Crippen LogP contribution < -0.4 is 5.32 Å². The van der Waals surface area contributed by atoms with Crippen molar-refractivity contribution in [2.45, 2.75) is 13.3 Å². The Balaban J connectivity index is 1.63. The van der Waals surface area contributed by atoms with Crippen molar-refractivity contribution in [1.29, 1.82) is 0 Å². The van der Waals surface area contributed by atoms with Crippen LogP contribution in [-0.4, -0.2) is 11.5 Å². The minimum Gasteiger partial charge on any atom is -0.361 e. The van der Waals surface area contributed by atoms with Crippen molar-refractivity contribution in [3.05, 3.63) is 59.4 Å². The van der Waals surface area contributed by atoms with Crippen LogP contribution in [0.2, 0.25) is 0 Å². The van der Waals surface area contributed by atoms with Crippen molar-refractivity contribution in [2.75, 3.05) is 11.9 Å². The van der Waals surface area contributed by atoms with Gasteiger partial charge in [0.2, 0.25) is 0 Å². The summed E-state index contributed by atoms with van der Waals surface area (Å²) in [4.78, 5) is 4.57. The number of rotatable bonds is 4. The number of aryl methyl sites for hydroxylation is 1. The molecule has 4 heteroatoms. The Morgan fingerprint density at radius 3 is 2.75 bits per heavy atom. The molecule has 0 radical (unpaired) electrons. The topological polar surface area (TPSA) is 24.9 Å². The minimum atomic E-state index is -0.191. The summed E-state index contributed by atoms with van der Waals surface area (Å²) in [6.45, 7) is 2.87. The highest BCUT2D eigenvalue weighted by molar-refractivity contribution is 7.22. The number of fused-ring (bicyclic) bond motifs is 1. The van der Waals surface area contributed by atoms with E-state index in [1.807, 2.05) is 12.1 Å². The first-order valence-corrected chi connectivity index (χ1v) is 7.38. The fraction of sp³-hybridized carbons (Fsp3) is 0.188. The number of hydrogen-bond donors (Lipinski definition) is 1. The number of nitrogens with zero attached hydrogens (tertiary/aromatic N) is 1. The summed E-state index contributed by atoms with van der Waals surface area (Å²) in [6, 6.07) is 12.9. The summed E-state index contributed by atoms with van der Waals surface area (Å²) in [5.41, 5.74) is 3.38. The Hall–Kier alpha value is -1.94. The average Bonchev–Trinajstić information content (AvgIpc) is 2.83. The summed E-state index contributed by atoms with van der Waals surface area (Å²) in [5, 5.41) is 4.27. The number of halogens is 1. The minimum absolute atomic E-state index is 0.191. The lowest BCUT2D eigenvalue weighted by Crippen LogP contribution is -2.04. The predicted molar refractivity (Wildman–Crippen MR) is 83.0 cm³/mol. The van der Waals surface area contributed by atoms with Gasteiger partial charge in [-0.2, -0.15) is 0 Å². The molecule has 3 rings (SSSR count). The molecule has 2 nitrogen and oxygen atoms in total. The van der Waals surface area contributed by atoms with Crippen molar-refractivity contribution in [3.8, 4) is 0 Å². The smallest absolute Gasteiger partial charge is 0.183 e. The normalized spacial score (nSPS) is 10.9. The van der Waals surface area contributed by atoms with Gasteiger partial charge in [0, 0.05) is 6.54 Å². The van der Waals surface area contributed by atoms with Gasteiger partial charge in [-0.25, -0.2) is 9.37 Å². The lowest BCUT2D eigenvalue weighted by molar-refractivity contribution is 0.627. The number of aromatic nitrogens is 1. The summed E-state index contributed by atoms with van der Waals surface area (Å²) in [5.74, 6) is -0.191. The molecule has 102 valence electrons. The molecule has 0 spiro atoms. The van der Waals surface area contributed by atoms with E-state index in [1.165, 1.54) is 22.4 Å². The first-order chi connectivity index (χ1) is 9.70. The molecule has 0 fully saturated rings. The van der Waals surface area contributed by atoms with Gasteiger partial charge in [-0.1, -0.05) is 29.5 Å². The van der Waals surface area contributed by atoms with E-state index in [1.54, 1.807) is 11.3 Å². The van der Waals surface area contributed by atoms with Gasteiger partial charge in [0.25, 0.3) is 0 Å². The molecule has 0 atom stereocenters. The van der Waals surface area contributed by atoms with Crippen LogP contribution in [0.15, 0.2) is 42.5 Å². The van der Waals surface area contributed by atoms with Crippen LogP contribution in [0, 0.1) is 12.7 Å². The van der Waals surface area contributed by atoms with Gasteiger partial charge in [-0.05, 0) is 48.7 Å². The maximum Gasteiger partial charge on any atom is 0.183 e. The van der Waals surface area contributed by atoms with E-state index >= 15 is 0 Å². The van der Waals surface area contributed by atoms with E-state index in [-0.39, 0.29) is 5.82 Å². The Bertz CT molecular complexity index is 719. The molecule has 1 heterocycles. The first kappa shape index (κ1) is 13.1. The average molecular weight is 286 g/mol. The van der Waals surface area contributed by atoms with E-state index in [0.29, 0.717) is 0 Å². The van der Waals surface area contributed by atoms with Crippen molar-refractivity contribution in [2.24, 2.45) is 0 Å². The van der Waals surface area contributed by atoms with Gasteiger partial charge in [-0.3, -0.25) is 0 Å². The van der Waals surface area contributed by atoms with Gasteiger partial charge in [0.05, 0.1) is 10.2 Å². The van der Waals surface area contributed by atoms with Crippen molar-refractivity contribution in [3.63, 3.8) is 0 Å². The second-order valence-electron chi connectivity index (χ2n) is 4.79. The predicted octanol–water partition coefficient (Wildman–Crippen LogP) is 4.40. The summed E-state index contributed by atoms with van der Waals surface area (Å²) < 4.78 is 14.0. The SMILES string of the molecule is Cc1ccc2sc(NCCc3ccc(F)cc3)nc2c1. The lowest BCUT2D eigenvalue weighted by Gasteiger charge is -2.02. The highest BCUT2D eigenvalue weighted by Crippen LogP contribution is 2.26. The van der Waals surface area contributed by atoms with Gasteiger partial charge >= 0.3 is 0 Å². The Morgan fingerprint density at radius 1 is 1.15 bits per heavy atom. The van der Waals surface area contributed by atoms with Crippen LogP contribution in [0.3, 0.4) is 0 Å². The molecule has 3 aromatic rings.